The summed E-state index contributed by atoms with van der Waals surface area (Å²) in [4.78, 5) is 16.1. The molecule has 0 radical (unpaired) electrons. The largest absolute Gasteiger partial charge is 0.441 e. The monoisotopic (exact) mass is 365 g/mol. The molecule has 0 aliphatic carbocycles. The number of sulfone groups is 1. The SMILES string of the molecule is COCCCC(=O)CS(=O)(=O)Cc1nc(-c2ccc(C)cc2)oc1C. The van der Waals surface area contributed by atoms with Crippen LogP contribution in [0.3, 0.4) is 0 Å². The number of aromatic nitrogens is 1. The summed E-state index contributed by atoms with van der Waals surface area (Å²) in [5.74, 6) is -0.260. The Bertz CT molecular complexity index is 822. The first kappa shape index (κ1) is 19.3. The molecule has 2 rings (SSSR count). The molecule has 1 aromatic heterocycles. The van der Waals surface area contributed by atoms with Gasteiger partial charge in [0, 0.05) is 25.7 Å². The highest BCUT2D eigenvalue weighted by Gasteiger charge is 2.21. The van der Waals surface area contributed by atoms with Gasteiger partial charge in [-0.25, -0.2) is 13.4 Å². The minimum absolute atomic E-state index is 0.194. The van der Waals surface area contributed by atoms with E-state index in [-0.39, 0.29) is 18.0 Å². The number of benzene rings is 1. The standard InChI is InChI=1S/C18H23NO5S/c1-13-6-8-15(9-7-13)18-19-17(14(2)24-18)12-25(21,22)11-16(20)5-4-10-23-3/h6-9H,4-5,10-12H2,1-3H3. The molecule has 0 saturated heterocycles. The molecular weight excluding hydrogens is 342 g/mol. The molecule has 0 bridgehead atoms. The van der Waals surface area contributed by atoms with Gasteiger partial charge in [-0.05, 0) is 32.4 Å². The van der Waals surface area contributed by atoms with E-state index in [1.807, 2.05) is 31.2 Å². The van der Waals surface area contributed by atoms with E-state index in [1.165, 1.54) is 0 Å². The molecule has 2 aromatic rings. The first-order chi connectivity index (χ1) is 11.8. The molecule has 0 fully saturated rings. The zero-order valence-electron chi connectivity index (χ0n) is 14.7. The average Bonchev–Trinajstić information content (AvgIpc) is 2.88. The highest BCUT2D eigenvalue weighted by atomic mass is 32.2. The molecule has 0 saturated carbocycles. The van der Waals surface area contributed by atoms with Gasteiger partial charge >= 0.3 is 0 Å². The summed E-state index contributed by atoms with van der Waals surface area (Å²) in [5.41, 5.74) is 2.25. The van der Waals surface area contributed by atoms with Gasteiger partial charge in [-0.3, -0.25) is 4.79 Å². The van der Waals surface area contributed by atoms with Crippen molar-refractivity contribution in [1.29, 1.82) is 0 Å². The Morgan fingerprint density at radius 2 is 1.88 bits per heavy atom. The van der Waals surface area contributed by atoms with E-state index in [0.717, 1.165) is 11.1 Å². The van der Waals surface area contributed by atoms with E-state index in [9.17, 15) is 13.2 Å². The average molecular weight is 365 g/mol. The van der Waals surface area contributed by atoms with E-state index in [0.29, 0.717) is 30.4 Å². The number of aryl methyl sites for hydroxylation is 2. The highest BCUT2D eigenvalue weighted by molar-refractivity contribution is 7.91. The number of methoxy groups -OCH3 is 1. The Balaban J connectivity index is 2.06. The van der Waals surface area contributed by atoms with Crippen molar-refractivity contribution >= 4 is 15.6 Å². The number of carbonyl (C=O) groups is 1. The normalized spacial score (nSPS) is 11.6. The fourth-order valence-corrected chi connectivity index (χ4v) is 3.79. The Morgan fingerprint density at radius 3 is 2.52 bits per heavy atom. The number of hydrogen-bond donors (Lipinski definition) is 0. The fourth-order valence-electron chi connectivity index (χ4n) is 2.37. The first-order valence-electron chi connectivity index (χ1n) is 8.05. The Hall–Kier alpha value is -1.99. The van der Waals surface area contributed by atoms with Crippen LogP contribution in [0.15, 0.2) is 28.7 Å². The molecule has 7 heteroatoms. The summed E-state index contributed by atoms with van der Waals surface area (Å²) in [7, 11) is -2.04. The minimum atomic E-state index is -3.58. The van der Waals surface area contributed by atoms with Crippen LogP contribution in [-0.4, -0.2) is 38.7 Å². The predicted octanol–water partition coefficient (Wildman–Crippen LogP) is 2.87. The second-order valence-electron chi connectivity index (χ2n) is 6.06. The lowest BCUT2D eigenvalue weighted by Gasteiger charge is -2.02. The third-order valence-electron chi connectivity index (χ3n) is 3.73. The molecule has 136 valence electrons. The molecule has 0 aliphatic rings. The smallest absolute Gasteiger partial charge is 0.226 e. The van der Waals surface area contributed by atoms with Gasteiger partial charge in [0.25, 0.3) is 0 Å². The van der Waals surface area contributed by atoms with Crippen LogP contribution < -0.4 is 0 Å². The van der Waals surface area contributed by atoms with Crippen molar-refractivity contribution < 1.29 is 22.4 Å². The maximum Gasteiger partial charge on any atom is 0.226 e. The zero-order valence-corrected chi connectivity index (χ0v) is 15.6. The predicted molar refractivity (Wildman–Crippen MR) is 95.0 cm³/mol. The number of ketones is 1. The van der Waals surface area contributed by atoms with Gasteiger partial charge in [0.15, 0.2) is 9.84 Å². The van der Waals surface area contributed by atoms with Crippen molar-refractivity contribution in [2.75, 3.05) is 19.5 Å². The molecule has 0 aliphatic heterocycles. The second-order valence-corrected chi connectivity index (χ2v) is 8.12. The van der Waals surface area contributed by atoms with Crippen molar-refractivity contribution in [2.24, 2.45) is 0 Å². The van der Waals surface area contributed by atoms with Gasteiger partial charge in [-0.15, -0.1) is 0 Å². The van der Waals surface area contributed by atoms with Crippen LogP contribution in [0.1, 0.15) is 29.9 Å². The summed E-state index contributed by atoms with van der Waals surface area (Å²) in [6, 6.07) is 7.62. The second kappa shape index (κ2) is 8.40. The van der Waals surface area contributed by atoms with Crippen molar-refractivity contribution in [3.05, 3.63) is 41.3 Å². The number of Topliss-reactive ketones (excluding diaryl/α,β-unsaturated/α-hetero) is 1. The lowest BCUT2D eigenvalue weighted by molar-refractivity contribution is -0.116. The van der Waals surface area contributed by atoms with Gasteiger partial charge in [0.2, 0.25) is 5.89 Å². The number of nitrogens with zero attached hydrogens (tertiary/aromatic N) is 1. The molecule has 6 nitrogen and oxygen atoms in total. The molecule has 1 heterocycles. The van der Waals surface area contributed by atoms with Crippen molar-refractivity contribution in [1.82, 2.24) is 4.98 Å². The first-order valence-corrected chi connectivity index (χ1v) is 9.87. The molecular formula is C18H23NO5S. The summed E-state index contributed by atoms with van der Waals surface area (Å²) < 4.78 is 35.0. The molecule has 0 N–H and O–H groups in total. The van der Waals surface area contributed by atoms with Crippen LogP contribution in [0.5, 0.6) is 0 Å². The molecule has 25 heavy (non-hydrogen) atoms. The lowest BCUT2D eigenvalue weighted by atomic mass is 10.1. The number of carbonyl (C=O) groups excluding carboxylic acids is 1. The van der Waals surface area contributed by atoms with Gasteiger partial charge in [-0.2, -0.15) is 0 Å². The quantitative estimate of drug-likeness (QED) is 0.635. The molecule has 0 unspecified atom stereocenters. The number of ether oxygens (including phenoxy) is 1. The van der Waals surface area contributed by atoms with Crippen LogP contribution in [0.25, 0.3) is 11.5 Å². The van der Waals surface area contributed by atoms with Gasteiger partial charge in [-0.1, -0.05) is 17.7 Å². The maximum absolute atomic E-state index is 12.3. The number of rotatable bonds is 9. The van der Waals surface area contributed by atoms with Gasteiger partial charge in [0.05, 0.1) is 11.4 Å². The van der Waals surface area contributed by atoms with Crippen LogP contribution in [0, 0.1) is 13.8 Å². The maximum atomic E-state index is 12.3. The minimum Gasteiger partial charge on any atom is -0.441 e. The van der Waals surface area contributed by atoms with Crippen LogP contribution in [-0.2, 0) is 25.1 Å². The third kappa shape index (κ3) is 5.79. The fraction of sp³-hybridized carbons (Fsp3) is 0.444. The van der Waals surface area contributed by atoms with Crippen LogP contribution >= 0.6 is 0 Å². The number of oxazole rings is 1. The van der Waals surface area contributed by atoms with E-state index in [2.05, 4.69) is 4.98 Å². The topological polar surface area (TPSA) is 86.5 Å². The summed E-state index contributed by atoms with van der Waals surface area (Å²) in [5, 5.41) is 0. The summed E-state index contributed by atoms with van der Waals surface area (Å²) >= 11 is 0. The molecule has 0 spiro atoms. The molecule has 0 atom stereocenters. The van der Waals surface area contributed by atoms with Crippen molar-refractivity contribution in [2.45, 2.75) is 32.4 Å². The highest BCUT2D eigenvalue weighted by Crippen LogP contribution is 2.23. The number of hydrogen-bond acceptors (Lipinski definition) is 6. The van der Waals surface area contributed by atoms with E-state index >= 15 is 0 Å². The van der Waals surface area contributed by atoms with Gasteiger partial charge in [0.1, 0.15) is 17.3 Å². The Kier molecular flexibility index (Phi) is 6.50. The third-order valence-corrected chi connectivity index (χ3v) is 5.21. The molecule has 0 amide bonds. The zero-order chi connectivity index (χ0) is 18.4. The lowest BCUT2D eigenvalue weighted by Crippen LogP contribution is -2.18. The molecule has 1 aromatic carbocycles. The van der Waals surface area contributed by atoms with Crippen LogP contribution in [0.2, 0.25) is 0 Å². The Labute approximate surface area is 148 Å². The van der Waals surface area contributed by atoms with Crippen molar-refractivity contribution in [3.8, 4) is 11.5 Å². The van der Waals surface area contributed by atoms with Crippen molar-refractivity contribution in [3.63, 3.8) is 0 Å². The summed E-state index contributed by atoms with van der Waals surface area (Å²) in [6.07, 6.45) is 0.713. The van der Waals surface area contributed by atoms with E-state index in [4.69, 9.17) is 9.15 Å². The van der Waals surface area contributed by atoms with Crippen LogP contribution in [0.4, 0.5) is 0 Å². The van der Waals surface area contributed by atoms with E-state index < -0.39 is 15.6 Å². The Morgan fingerprint density at radius 1 is 1.20 bits per heavy atom. The van der Waals surface area contributed by atoms with Gasteiger partial charge < -0.3 is 9.15 Å². The summed E-state index contributed by atoms with van der Waals surface area (Å²) in [6.45, 7) is 4.09. The van der Waals surface area contributed by atoms with E-state index in [1.54, 1.807) is 14.0 Å².